The fourth-order valence-corrected chi connectivity index (χ4v) is 4.16. The second-order valence-electron chi connectivity index (χ2n) is 5.76. The van der Waals surface area contributed by atoms with E-state index in [0.29, 0.717) is 18.7 Å². The molecule has 0 aromatic carbocycles. The average Bonchev–Trinajstić information content (AvgIpc) is 2.64. The highest BCUT2D eigenvalue weighted by Gasteiger charge is 2.15. The Morgan fingerprint density at radius 3 is 2.60 bits per heavy atom. The number of amides is 1. The van der Waals surface area contributed by atoms with Crippen LogP contribution in [0.1, 0.15) is 39.5 Å². The van der Waals surface area contributed by atoms with Gasteiger partial charge < -0.3 is 15.4 Å². The van der Waals surface area contributed by atoms with Crippen LogP contribution in [0.25, 0.3) is 0 Å². The molecule has 1 rings (SSSR count). The number of dihydropyridines is 1. The number of rotatable bonds is 13. The minimum absolute atomic E-state index is 0.157. The molecule has 0 saturated carbocycles. The van der Waals surface area contributed by atoms with Gasteiger partial charge in [-0.3, -0.25) is 4.79 Å². The van der Waals surface area contributed by atoms with E-state index in [-0.39, 0.29) is 17.8 Å². The number of ether oxygens (including phenoxy) is 1. The molecular weight excluding hydrogens is 356 g/mol. The van der Waals surface area contributed by atoms with Crippen LogP contribution in [0.5, 0.6) is 0 Å². The smallest absolute Gasteiger partial charge is 0.339 e. The summed E-state index contributed by atoms with van der Waals surface area (Å²) in [6.45, 7) is 6.06. The zero-order valence-electron chi connectivity index (χ0n) is 15.2. The monoisotopic (exact) mass is 386 g/mol. The average molecular weight is 387 g/mol. The topological polar surface area (TPSA) is 67.4 Å². The largest absolute Gasteiger partial charge is 0.461 e. The summed E-state index contributed by atoms with van der Waals surface area (Å²) >= 11 is 0. The van der Waals surface area contributed by atoms with Crippen molar-refractivity contribution in [1.82, 2.24) is 10.6 Å². The lowest BCUT2D eigenvalue weighted by atomic mass is 9.97. The molecule has 7 heteroatoms. The minimum Gasteiger partial charge on any atom is -0.461 e. The van der Waals surface area contributed by atoms with Crippen LogP contribution in [0.15, 0.2) is 23.9 Å². The summed E-state index contributed by atoms with van der Waals surface area (Å²) in [6, 6.07) is 0. The van der Waals surface area contributed by atoms with E-state index in [1.54, 1.807) is 33.9 Å². The van der Waals surface area contributed by atoms with Crippen LogP contribution in [0.4, 0.5) is 0 Å². The molecule has 0 unspecified atom stereocenters. The van der Waals surface area contributed by atoms with Gasteiger partial charge in [-0.15, -0.1) is 0 Å². The Balaban J connectivity index is 2.01. The molecule has 5 nitrogen and oxygen atoms in total. The predicted octanol–water partition coefficient (Wildman–Crippen LogP) is 3.29. The van der Waals surface area contributed by atoms with Crippen molar-refractivity contribution in [3.05, 3.63) is 23.9 Å². The summed E-state index contributed by atoms with van der Waals surface area (Å²) in [4.78, 5) is 23.8. The molecule has 1 amide bonds. The first-order valence-corrected chi connectivity index (χ1v) is 11.5. The van der Waals surface area contributed by atoms with Crippen molar-refractivity contribution >= 4 is 33.5 Å². The summed E-state index contributed by atoms with van der Waals surface area (Å²) in [5, 5.41) is 6.00. The first-order chi connectivity index (χ1) is 12.2. The Morgan fingerprint density at radius 1 is 1.24 bits per heavy atom. The number of nitrogens with one attached hydrogen (secondary N) is 2. The van der Waals surface area contributed by atoms with E-state index in [1.807, 2.05) is 6.08 Å². The molecule has 0 saturated heterocycles. The molecule has 0 atom stereocenters. The van der Waals surface area contributed by atoms with Gasteiger partial charge in [-0.2, -0.15) is 0 Å². The summed E-state index contributed by atoms with van der Waals surface area (Å²) in [5.74, 6) is 1.64. The zero-order chi connectivity index (χ0) is 18.3. The molecule has 142 valence electrons. The van der Waals surface area contributed by atoms with E-state index < -0.39 is 0 Å². The molecule has 0 fully saturated rings. The maximum absolute atomic E-state index is 12.1. The van der Waals surface area contributed by atoms with Gasteiger partial charge in [0.1, 0.15) is 6.61 Å². The Kier molecular flexibility index (Phi) is 12.4. The molecule has 0 radical (unpaired) electrons. The third-order valence-corrected chi connectivity index (χ3v) is 6.01. The molecule has 1 heterocycles. The molecule has 0 spiro atoms. The molecule has 0 bridgehead atoms. The van der Waals surface area contributed by atoms with Crippen LogP contribution in [0, 0.1) is 5.92 Å². The predicted molar refractivity (Wildman–Crippen MR) is 107 cm³/mol. The number of carbonyl (C=O) groups excluding carboxylic acids is 2. The fraction of sp³-hybridized carbons (Fsp3) is 0.667. The maximum atomic E-state index is 12.1. The second-order valence-corrected chi connectivity index (χ2v) is 8.46. The Hall–Kier alpha value is -1.08. The summed E-state index contributed by atoms with van der Waals surface area (Å²) in [7, 11) is 3.35. The zero-order valence-corrected chi connectivity index (χ0v) is 16.8. The molecule has 2 N–H and O–H groups in total. The normalized spacial score (nSPS) is 13.3. The highest BCUT2D eigenvalue weighted by Crippen LogP contribution is 2.20. The number of esters is 1. The van der Waals surface area contributed by atoms with E-state index in [1.165, 1.54) is 0 Å². The SMILES string of the molecule is CCCC(CCC)C(=O)NCCSSCCOC(=O)C1=CNCC=C1. The van der Waals surface area contributed by atoms with Crippen molar-refractivity contribution in [1.29, 1.82) is 0 Å². The summed E-state index contributed by atoms with van der Waals surface area (Å²) in [5.41, 5.74) is 0.556. The molecule has 0 aromatic heterocycles. The van der Waals surface area contributed by atoms with Gasteiger partial charge in [-0.1, -0.05) is 54.4 Å². The molecule has 25 heavy (non-hydrogen) atoms. The van der Waals surface area contributed by atoms with Crippen molar-refractivity contribution in [3.63, 3.8) is 0 Å². The van der Waals surface area contributed by atoms with E-state index in [9.17, 15) is 9.59 Å². The van der Waals surface area contributed by atoms with Gasteiger partial charge in [-0.25, -0.2) is 4.79 Å². The van der Waals surface area contributed by atoms with Crippen LogP contribution in [-0.2, 0) is 14.3 Å². The number of hydrogen-bond donors (Lipinski definition) is 2. The van der Waals surface area contributed by atoms with Gasteiger partial charge in [0.25, 0.3) is 0 Å². The van der Waals surface area contributed by atoms with Gasteiger partial charge in [0.05, 0.1) is 5.57 Å². The van der Waals surface area contributed by atoms with Gasteiger partial charge in [0.15, 0.2) is 0 Å². The molecular formula is C18H30N2O3S2. The highest BCUT2D eigenvalue weighted by atomic mass is 33.1. The van der Waals surface area contributed by atoms with Crippen molar-refractivity contribution in [2.75, 3.05) is 31.2 Å². The highest BCUT2D eigenvalue weighted by molar-refractivity contribution is 8.76. The maximum Gasteiger partial charge on any atom is 0.339 e. The lowest BCUT2D eigenvalue weighted by molar-refractivity contribution is -0.138. The lowest BCUT2D eigenvalue weighted by Gasteiger charge is -2.15. The third kappa shape index (κ3) is 9.84. The number of carbonyl (C=O) groups is 2. The molecule has 0 aromatic rings. The van der Waals surface area contributed by atoms with E-state index in [0.717, 1.165) is 43.7 Å². The van der Waals surface area contributed by atoms with Crippen molar-refractivity contribution in [2.24, 2.45) is 5.92 Å². The van der Waals surface area contributed by atoms with E-state index >= 15 is 0 Å². The fourth-order valence-electron chi connectivity index (χ4n) is 2.43. The molecule has 1 aliphatic rings. The Bertz CT molecular complexity index is 461. The first-order valence-electron chi connectivity index (χ1n) is 8.98. The van der Waals surface area contributed by atoms with Gasteiger partial charge in [0, 0.05) is 36.7 Å². The van der Waals surface area contributed by atoms with Gasteiger partial charge in [0.2, 0.25) is 5.91 Å². The van der Waals surface area contributed by atoms with E-state index in [2.05, 4.69) is 24.5 Å². The summed E-state index contributed by atoms with van der Waals surface area (Å²) < 4.78 is 5.21. The first kappa shape index (κ1) is 22.0. The van der Waals surface area contributed by atoms with E-state index in [4.69, 9.17) is 4.74 Å². The Labute approximate surface area is 159 Å². The van der Waals surface area contributed by atoms with Crippen molar-refractivity contribution < 1.29 is 14.3 Å². The lowest BCUT2D eigenvalue weighted by Crippen LogP contribution is -2.32. The van der Waals surface area contributed by atoms with Gasteiger partial charge in [-0.05, 0) is 18.9 Å². The third-order valence-electron chi connectivity index (χ3n) is 3.64. The molecule has 0 aliphatic carbocycles. The summed E-state index contributed by atoms with van der Waals surface area (Å²) in [6.07, 6.45) is 9.36. The molecule has 1 aliphatic heterocycles. The Morgan fingerprint density at radius 2 is 1.96 bits per heavy atom. The van der Waals surface area contributed by atoms with Crippen molar-refractivity contribution in [2.45, 2.75) is 39.5 Å². The number of hydrogen-bond acceptors (Lipinski definition) is 6. The second kappa shape index (κ2) is 14.1. The minimum atomic E-state index is -0.292. The van der Waals surface area contributed by atoms with Crippen LogP contribution < -0.4 is 10.6 Å². The van der Waals surface area contributed by atoms with Crippen LogP contribution in [0.2, 0.25) is 0 Å². The quantitative estimate of drug-likeness (QED) is 0.288. The van der Waals surface area contributed by atoms with Crippen LogP contribution in [-0.4, -0.2) is 43.1 Å². The van der Waals surface area contributed by atoms with Gasteiger partial charge >= 0.3 is 5.97 Å². The standard InChI is InChI=1S/C18H30N2O3S2/c1-3-6-15(7-4-2)17(21)20-10-12-24-25-13-11-23-18(22)16-8-5-9-19-14-16/h5,8,14-15,19H,3-4,6-7,9-13H2,1-2H3,(H,20,21). The van der Waals surface area contributed by atoms with Crippen molar-refractivity contribution in [3.8, 4) is 0 Å². The van der Waals surface area contributed by atoms with Crippen LogP contribution in [0.3, 0.4) is 0 Å². The van der Waals surface area contributed by atoms with Crippen LogP contribution >= 0.6 is 21.6 Å².